The maximum absolute atomic E-state index is 12.8. The number of hydrogen-bond acceptors (Lipinski definition) is 3. The Balaban J connectivity index is 3.17. The first-order chi connectivity index (χ1) is 11.3. The van der Waals surface area contributed by atoms with Gasteiger partial charge < -0.3 is 5.11 Å². The summed E-state index contributed by atoms with van der Waals surface area (Å²) in [5.41, 5.74) is -6.66. The number of alkyl halides is 7. The highest BCUT2D eigenvalue weighted by atomic mass is 35.5. The number of nitrogens with one attached hydrogen (secondary N) is 1. The van der Waals surface area contributed by atoms with Gasteiger partial charge in [0.15, 0.2) is 0 Å². The number of amides is 3. The fraction of sp³-hybridized carbons (Fsp3) is 0.385. The minimum Gasteiger partial charge on any atom is -0.369 e. The fourth-order valence-electron chi connectivity index (χ4n) is 1.77. The highest BCUT2D eigenvalue weighted by Gasteiger charge is 2.71. The second-order valence-electron chi connectivity index (χ2n) is 4.80. The van der Waals surface area contributed by atoms with Gasteiger partial charge in [-0.15, -0.1) is 11.6 Å². The molecule has 1 aromatic carbocycles. The molecule has 0 heterocycles. The van der Waals surface area contributed by atoms with E-state index < -0.39 is 41.3 Å². The Morgan fingerprint density at radius 3 is 1.88 bits per heavy atom. The molecule has 140 valence electrons. The van der Waals surface area contributed by atoms with Crippen molar-refractivity contribution in [2.24, 2.45) is 0 Å². The van der Waals surface area contributed by atoms with Crippen LogP contribution in [-0.2, 0) is 10.4 Å². The Bertz CT molecular complexity index is 631. The molecule has 12 heteroatoms. The molecule has 0 spiro atoms. The molecule has 0 unspecified atom stereocenters. The monoisotopic (exact) mass is 392 g/mol. The highest BCUT2D eigenvalue weighted by molar-refractivity contribution is 6.28. The molecule has 0 radical (unpaired) electrons. The molecule has 3 amide bonds. The number of carbonyl (C=O) groups is 2. The summed E-state index contributed by atoms with van der Waals surface area (Å²) in [6, 6.07) is 1.26. The first kappa shape index (κ1) is 21.0. The van der Waals surface area contributed by atoms with Crippen LogP contribution in [0.2, 0.25) is 0 Å². The van der Waals surface area contributed by atoms with Crippen LogP contribution in [0.4, 0.5) is 36.8 Å². The summed E-state index contributed by atoms with van der Waals surface area (Å²) in [6.45, 7) is 0. The lowest BCUT2D eigenvalue weighted by atomic mass is 9.92. The Hall–Kier alpha value is -2.01. The van der Waals surface area contributed by atoms with Crippen LogP contribution in [0.15, 0.2) is 24.3 Å². The second kappa shape index (κ2) is 7.08. The number of halogens is 7. The van der Waals surface area contributed by atoms with E-state index in [1.54, 1.807) is 0 Å². The van der Waals surface area contributed by atoms with Crippen molar-refractivity contribution in [1.29, 1.82) is 0 Å². The molecule has 0 aliphatic heterocycles. The zero-order valence-corrected chi connectivity index (χ0v) is 13.1. The Morgan fingerprint density at radius 1 is 1.08 bits per heavy atom. The molecular formula is C13H11ClF6N2O3. The molecule has 0 aliphatic rings. The van der Waals surface area contributed by atoms with Crippen LogP contribution in [0.1, 0.15) is 5.56 Å². The Morgan fingerprint density at radius 2 is 1.52 bits per heavy atom. The first-order valence-electron chi connectivity index (χ1n) is 6.35. The predicted octanol–water partition coefficient (Wildman–Crippen LogP) is 2.91. The van der Waals surface area contributed by atoms with E-state index in [9.17, 15) is 41.0 Å². The van der Waals surface area contributed by atoms with Gasteiger partial charge in [0, 0.05) is 18.3 Å². The summed E-state index contributed by atoms with van der Waals surface area (Å²) in [6.07, 6.45) is -12.0. The summed E-state index contributed by atoms with van der Waals surface area (Å²) >= 11 is 5.18. The van der Waals surface area contributed by atoms with Gasteiger partial charge in [0.05, 0.1) is 0 Å². The average Bonchev–Trinajstić information content (AvgIpc) is 2.51. The third-order valence-corrected chi connectivity index (χ3v) is 3.41. The quantitative estimate of drug-likeness (QED) is 0.614. The smallest absolute Gasteiger partial charge is 0.369 e. The van der Waals surface area contributed by atoms with Crippen LogP contribution in [0.25, 0.3) is 0 Å². The predicted molar refractivity (Wildman–Crippen MR) is 75.1 cm³/mol. The first-order valence-corrected chi connectivity index (χ1v) is 6.89. The number of rotatable bonds is 3. The molecule has 1 rings (SSSR count). The Kier molecular flexibility index (Phi) is 5.96. The summed E-state index contributed by atoms with van der Waals surface area (Å²) in [7, 11) is 1.12. The minimum absolute atomic E-state index is 0.129. The number of imide groups is 1. The molecule has 0 aliphatic carbocycles. The summed E-state index contributed by atoms with van der Waals surface area (Å²) in [4.78, 5) is 23.4. The van der Waals surface area contributed by atoms with Gasteiger partial charge in [-0.25, -0.2) is 4.79 Å². The highest BCUT2D eigenvalue weighted by Crippen LogP contribution is 2.50. The minimum atomic E-state index is -6.01. The van der Waals surface area contributed by atoms with Gasteiger partial charge in [-0.1, -0.05) is 12.1 Å². The Labute approximate surface area is 142 Å². The van der Waals surface area contributed by atoms with Crippen molar-refractivity contribution in [2.75, 3.05) is 17.8 Å². The molecule has 5 nitrogen and oxygen atoms in total. The van der Waals surface area contributed by atoms with Crippen LogP contribution >= 0.6 is 11.6 Å². The van der Waals surface area contributed by atoms with Gasteiger partial charge in [-0.05, 0) is 12.1 Å². The maximum Gasteiger partial charge on any atom is 0.430 e. The van der Waals surface area contributed by atoms with E-state index in [2.05, 4.69) is 0 Å². The number of nitrogens with zero attached hydrogens (tertiary/aromatic N) is 1. The van der Waals surface area contributed by atoms with E-state index in [1.165, 1.54) is 0 Å². The average molecular weight is 393 g/mol. The second-order valence-corrected chi connectivity index (χ2v) is 5.07. The van der Waals surface area contributed by atoms with Gasteiger partial charge in [-0.2, -0.15) is 26.3 Å². The molecule has 0 saturated heterocycles. The zero-order chi connectivity index (χ0) is 19.6. The van der Waals surface area contributed by atoms with Crippen molar-refractivity contribution in [3.05, 3.63) is 29.8 Å². The third kappa shape index (κ3) is 4.15. The van der Waals surface area contributed by atoms with Crippen molar-refractivity contribution in [2.45, 2.75) is 18.0 Å². The van der Waals surface area contributed by atoms with E-state index in [4.69, 9.17) is 11.6 Å². The van der Waals surface area contributed by atoms with Crippen molar-refractivity contribution in [3.8, 4) is 0 Å². The van der Waals surface area contributed by atoms with Crippen molar-refractivity contribution in [1.82, 2.24) is 5.32 Å². The number of urea groups is 1. The molecule has 0 fully saturated rings. The van der Waals surface area contributed by atoms with Gasteiger partial charge >= 0.3 is 18.4 Å². The van der Waals surface area contributed by atoms with Gasteiger partial charge in [0.1, 0.15) is 5.88 Å². The molecule has 25 heavy (non-hydrogen) atoms. The summed E-state index contributed by atoms with van der Waals surface area (Å²) in [5, 5.41) is 11.1. The standard InChI is InChI=1S/C13H11ClF6N2O3/c1-22(10(24)21-9(23)6-14)8-4-2-7(3-5-8)11(25,12(15,16)17)13(18,19)20/h2-5,25H,6H2,1H3,(H,21,23,24). The van der Waals surface area contributed by atoms with Crippen LogP contribution in [-0.4, -0.2) is 42.3 Å². The van der Waals surface area contributed by atoms with Crippen molar-refractivity contribution in [3.63, 3.8) is 0 Å². The van der Waals surface area contributed by atoms with Gasteiger partial charge in [-0.3, -0.25) is 15.0 Å². The van der Waals surface area contributed by atoms with Crippen LogP contribution < -0.4 is 10.2 Å². The molecule has 0 aromatic heterocycles. The normalized spacial score (nSPS) is 12.7. The lowest BCUT2D eigenvalue weighted by molar-refractivity contribution is -0.376. The van der Waals surface area contributed by atoms with Crippen LogP contribution in [0.3, 0.4) is 0 Å². The van der Waals surface area contributed by atoms with Gasteiger partial charge in [0.25, 0.3) is 5.60 Å². The topological polar surface area (TPSA) is 69.6 Å². The van der Waals surface area contributed by atoms with Crippen molar-refractivity contribution >= 4 is 29.2 Å². The lowest BCUT2D eigenvalue weighted by Gasteiger charge is -2.32. The largest absolute Gasteiger partial charge is 0.430 e. The molecule has 1 aromatic rings. The third-order valence-electron chi connectivity index (χ3n) is 3.17. The zero-order valence-electron chi connectivity index (χ0n) is 12.4. The van der Waals surface area contributed by atoms with Crippen molar-refractivity contribution < 1.29 is 41.0 Å². The van der Waals surface area contributed by atoms with Crippen LogP contribution in [0.5, 0.6) is 0 Å². The van der Waals surface area contributed by atoms with E-state index in [1.807, 2.05) is 5.32 Å². The number of aliphatic hydroxyl groups is 1. The van der Waals surface area contributed by atoms with E-state index in [-0.39, 0.29) is 5.69 Å². The number of benzene rings is 1. The molecule has 0 atom stereocenters. The SMILES string of the molecule is CN(C(=O)NC(=O)CCl)c1ccc(C(O)(C(F)(F)F)C(F)(F)F)cc1. The number of carbonyl (C=O) groups excluding carboxylic acids is 2. The number of anilines is 1. The lowest BCUT2D eigenvalue weighted by Crippen LogP contribution is -2.53. The maximum atomic E-state index is 12.8. The van der Waals surface area contributed by atoms with Gasteiger partial charge in [0.2, 0.25) is 5.91 Å². The summed E-state index contributed by atoms with van der Waals surface area (Å²) in [5.74, 6) is -1.37. The van der Waals surface area contributed by atoms with E-state index in [0.29, 0.717) is 12.1 Å². The fourth-order valence-corrected chi connectivity index (χ4v) is 1.83. The molecule has 0 bridgehead atoms. The van der Waals surface area contributed by atoms with Crippen LogP contribution in [0, 0.1) is 0 Å². The molecule has 2 N–H and O–H groups in total. The molecule has 0 saturated carbocycles. The van der Waals surface area contributed by atoms with E-state index >= 15 is 0 Å². The number of hydrogen-bond donors (Lipinski definition) is 2. The van der Waals surface area contributed by atoms with E-state index in [0.717, 1.165) is 24.1 Å². The summed E-state index contributed by atoms with van der Waals surface area (Å²) < 4.78 is 76.6. The molecular weight excluding hydrogens is 382 g/mol.